The number of likely N-dealkylation sites (N-methyl/N-ethyl adjacent to an activating group) is 1. The van der Waals surface area contributed by atoms with Crippen LogP contribution < -0.4 is 9.80 Å². The van der Waals surface area contributed by atoms with Gasteiger partial charge in [-0.15, -0.1) is 0 Å². The van der Waals surface area contributed by atoms with Gasteiger partial charge in [0.2, 0.25) is 0 Å². The van der Waals surface area contributed by atoms with E-state index in [1.165, 1.54) is 24.9 Å². The lowest BCUT2D eigenvalue weighted by Crippen LogP contribution is -3.27. The Bertz CT molecular complexity index is 400. The maximum Gasteiger partial charge on any atom is 0.303 e. The van der Waals surface area contributed by atoms with Gasteiger partial charge in [0.15, 0.2) is 6.10 Å². The van der Waals surface area contributed by atoms with Crippen molar-refractivity contribution in [1.82, 2.24) is 0 Å². The molecule has 1 aliphatic heterocycles. The van der Waals surface area contributed by atoms with Gasteiger partial charge in [-0.2, -0.15) is 0 Å². The Morgan fingerprint density at radius 3 is 2.42 bits per heavy atom. The molecule has 1 aromatic rings. The van der Waals surface area contributed by atoms with Crippen LogP contribution in [0.15, 0.2) is 30.3 Å². The molecule has 0 aliphatic carbocycles. The lowest BCUT2D eigenvalue weighted by Gasteiger charge is -2.29. The molecule has 1 saturated heterocycles. The first-order valence-corrected chi connectivity index (χ1v) is 7.02. The summed E-state index contributed by atoms with van der Waals surface area (Å²) in [5.74, 6) is -0.201. The monoisotopic (exact) mass is 264 g/mol. The molecule has 0 spiro atoms. The van der Waals surface area contributed by atoms with Crippen molar-refractivity contribution < 1.29 is 19.3 Å². The van der Waals surface area contributed by atoms with Crippen molar-refractivity contribution >= 4 is 5.97 Å². The summed E-state index contributed by atoms with van der Waals surface area (Å²) in [5, 5.41) is 0. The van der Waals surface area contributed by atoms with Gasteiger partial charge >= 0.3 is 5.97 Å². The third kappa shape index (κ3) is 4.33. The molecule has 2 rings (SSSR count). The van der Waals surface area contributed by atoms with Crippen molar-refractivity contribution in [2.45, 2.75) is 13.0 Å². The first kappa shape index (κ1) is 14.0. The van der Waals surface area contributed by atoms with E-state index in [1.807, 2.05) is 30.3 Å². The number of benzene rings is 1. The second kappa shape index (κ2) is 6.68. The number of rotatable bonds is 4. The molecule has 1 aliphatic rings. The number of hydrogen-bond donors (Lipinski definition) is 2. The fourth-order valence-corrected chi connectivity index (χ4v) is 2.59. The van der Waals surface area contributed by atoms with Crippen LogP contribution in [0.2, 0.25) is 0 Å². The van der Waals surface area contributed by atoms with E-state index in [2.05, 4.69) is 7.05 Å². The Kier molecular flexibility index (Phi) is 4.93. The number of nitrogens with one attached hydrogen (secondary N) is 2. The Balaban J connectivity index is 2.00. The van der Waals surface area contributed by atoms with Gasteiger partial charge < -0.3 is 14.5 Å². The molecule has 1 atom stereocenters. The summed E-state index contributed by atoms with van der Waals surface area (Å²) in [6.45, 7) is 7.04. The fraction of sp³-hybridized carbons (Fsp3) is 0.533. The van der Waals surface area contributed by atoms with Gasteiger partial charge in [0.25, 0.3) is 0 Å². The van der Waals surface area contributed by atoms with E-state index in [-0.39, 0.29) is 12.1 Å². The van der Waals surface area contributed by atoms with E-state index >= 15 is 0 Å². The number of esters is 1. The number of quaternary nitrogens is 2. The van der Waals surface area contributed by atoms with Crippen molar-refractivity contribution in [1.29, 1.82) is 0 Å². The van der Waals surface area contributed by atoms with Crippen molar-refractivity contribution in [3.05, 3.63) is 35.9 Å². The maximum absolute atomic E-state index is 11.3. The van der Waals surface area contributed by atoms with E-state index in [0.717, 1.165) is 25.2 Å². The van der Waals surface area contributed by atoms with Gasteiger partial charge in [-0.05, 0) is 5.56 Å². The summed E-state index contributed by atoms with van der Waals surface area (Å²) in [6.07, 6.45) is -0.118. The maximum atomic E-state index is 11.3. The number of hydrogen-bond acceptors (Lipinski definition) is 2. The average molecular weight is 264 g/mol. The molecule has 19 heavy (non-hydrogen) atoms. The Morgan fingerprint density at radius 1 is 1.21 bits per heavy atom. The van der Waals surface area contributed by atoms with Gasteiger partial charge in [0, 0.05) is 6.92 Å². The molecule has 0 bridgehead atoms. The molecule has 1 aromatic carbocycles. The topological polar surface area (TPSA) is 35.2 Å². The van der Waals surface area contributed by atoms with E-state index in [9.17, 15) is 4.79 Å². The number of piperazine rings is 1. The molecule has 2 N–H and O–H groups in total. The summed E-state index contributed by atoms with van der Waals surface area (Å²) >= 11 is 0. The standard InChI is InChI=1S/C15H22N2O2/c1-13(18)19-15(14-6-4-3-5-7-14)12-17-10-8-16(2)9-11-17/h3-7,15H,8-12H2,1-2H3/p+2. The fourth-order valence-electron chi connectivity index (χ4n) is 2.59. The zero-order valence-electron chi connectivity index (χ0n) is 11.8. The molecule has 0 aromatic heterocycles. The van der Waals surface area contributed by atoms with E-state index < -0.39 is 0 Å². The molecule has 0 radical (unpaired) electrons. The third-order valence-electron chi connectivity index (χ3n) is 3.76. The number of carbonyl (C=O) groups is 1. The van der Waals surface area contributed by atoms with Gasteiger partial charge in [-0.25, -0.2) is 0 Å². The minimum absolute atomic E-state index is 0.118. The third-order valence-corrected chi connectivity index (χ3v) is 3.76. The van der Waals surface area contributed by atoms with E-state index in [0.29, 0.717) is 0 Å². The molecule has 1 heterocycles. The highest BCUT2D eigenvalue weighted by molar-refractivity contribution is 5.66. The predicted molar refractivity (Wildman–Crippen MR) is 73.1 cm³/mol. The minimum atomic E-state index is -0.201. The van der Waals surface area contributed by atoms with Gasteiger partial charge in [-0.1, -0.05) is 30.3 Å². The van der Waals surface area contributed by atoms with Crippen molar-refractivity contribution in [2.75, 3.05) is 39.8 Å². The second-order valence-electron chi connectivity index (χ2n) is 5.42. The summed E-state index contributed by atoms with van der Waals surface area (Å²) in [4.78, 5) is 14.4. The Labute approximate surface area is 115 Å². The summed E-state index contributed by atoms with van der Waals surface area (Å²) in [7, 11) is 2.23. The van der Waals surface area contributed by atoms with Gasteiger partial charge in [0.05, 0.1) is 7.05 Å². The smallest absolute Gasteiger partial charge is 0.303 e. The molecule has 104 valence electrons. The quantitative estimate of drug-likeness (QED) is 0.663. The summed E-state index contributed by atoms with van der Waals surface area (Å²) < 4.78 is 5.50. The van der Waals surface area contributed by atoms with Crippen LogP contribution in [0.25, 0.3) is 0 Å². The van der Waals surface area contributed by atoms with Crippen LogP contribution in [0.5, 0.6) is 0 Å². The van der Waals surface area contributed by atoms with E-state index in [4.69, 9.17) is 4.74 Å². The largest absolute Gasteiger partial charge is 0.452 e. The van der Waals surface area contributed by atoms with Crippen LogP contribution in [0.1, 0.15) is 18.6 Å². The molecule has 4 heteroatoms. The normalized spacial score (nSPS) is 24.7. The summed E-state index contributed by atoms with van der Waals surface area (Å²) in [5.41, 5.74) is 1.09. The molecule has 1 fully saturated rings. The highest BCUT2D eigenvalue weighted by Crippen LogP contribution is 2.15. The molecule has 0 amide bonds. The van der Waals surface area contributed by atoms with Crippen molar-refractivity contribution in [3.8, 4) is 0 Å². The lowest BCUT2D eigenvalue weighted by atomic mass is 10.1. The van der Waals surface area contributed by atoms with E-state index in [1.54, 1.807) is 4.90 Å². The first-order chi connectivity index (χ1) is 9.15. The van der Waals surface area contributed by atoms with Crippen molar-refractivity contribution in [2.24, 2.45) is 0 Å². The second-order valence-corrected chi connectivity index (χ2v) is 5.42. The predicted octanol–water partition coefficient (Wildman–Crippen LogP) is -1.30. The summed E-state index contributed by atoms with van der Waals surface area (Å²) in [6, 6.07) is 10.0. The highest BCUT2D eigenvalue weighted by atomic mass is 16.5. The molecule has 1 unspecified atom stereocenters. The average Bonchev–Trinajstić information content (AvgIpc) is 2.41. The number of ether oxygens (including phenoxy) is 1. The Morgan fingerprint density at radius 2 is 1.84 bits per heavy atom. The molecular weight excluding hydrogens is 240 g/mol. The van der Waals surface area contributed by atoms with Crippen LogP contribution in [0.3, 0.4) is 0 Å². The van der Waals surface area contributed by atoms with Crippen LogP contribution in [-0.4, -0.2) is 45.7 Å². The molecular formula is C15H24N2O2+2. The highest BCUT2D eigenvalue weighted by Gasteiger charge is 2.26. The number of carbonyl (C=O) groups excluding carboxylic acids is 1. The first-order valence-electron chi connectivity index (χ1n) is 7.02. The Hall–Kier alpha value is -1.39. The SMILES string of the molecule is CC(=O)OC(C[NH+]1CC[NH+](C)CC1)c1ccccc1. The molecule has 4 nitrogen and oxygen atoms in total. The zero-order chi connectivity index (χ0) is 13.7. The molecule has 0 saturated carbocycles. The van der Waals surface area contributed by atoms with Gasteiger partial charge in [0.1, 0.15) is 32.7 Å². The van der Waals surface area contributed by atoms with Gasteiger partial charge in [-0.3, -0.25) is 4.79 Å². The lowest BCUT2D eigenvalue weighted by molar-refractivity contribution is -1.00. The van der Waals surface area contributed by atoms with Crippen LogP contribution in [-0.2, 0) is 9.53 Å². The zero-order valence-corrected chi connectivity index (χ0v) is 11.8. The van der Waals surface area contributed by atoms with Crippen LogP contribution in [0, 0.1) is 0 Å². The minimum Gasteiger partial charge on any atom is -0.452 e. The van der Waals surface area contributed by atoms with Crippen LogP contribution >= 0.6 is 0 Å². The van der Waals surface area contributed by atoms with Crippen LogP contribution in [0.4, 0.5) is 0 Å². The van der Waals surface area contributed by atoms with Crippen molar-refractivity contribution in [3.63, 3.8) is 0 Å².